The molecule has 2 aromatic heterocycles. The van der Waals surface area contributed by atoms with Crippen molar-refractivity contribution in [2.45, 2.75) is 18.6 Å². The third-order valence-corrected chi connectivity index (χ3v) is 6.21. The number of carbonyl (C=O) groups excluding carboxylic acids is 1. The molecule has 0 aliphatic rings. The van der Waals surface area contributed by atoms with Gasteiger partial charge in [0, 0.05) is 10.7 Å². The lowest BCUT2D eigenvalue weighted by atomic mass is 10.2. The molecule has 4 aromatic rings. The number of ether oxygens (including phenoxy) is 1. The highest BCUT2D eigenvalue weighted by molar-refractivity contribution is 7.99. The maximum atomic E-state index is 12.6. The molecule has 1 amide bonds. The molecule has 0 unspecified atom stereocenters. The highest BCUT2D eigenvalue weighted by Crippen LogP contribution is 2.31. The maximum Gasteiger partial charge on any atom is 0.234 e. The van der Waals surface area contributed by atoms with Crippen LogP contribution in [0.1, 0.15) is 11.3 Å². The summed E-state index contributed by atoms with van der Waals surface area (Å²) in [5.41, 5.74) is 2.32. The van der Waals surface area contributed by atoms with E-state index in [1.165, 1.54) is 11.8 Å². The van der Waals surface area contributed by atoms with Crippen LogP contribution in [0.5, 0.6) is 5.75 Å². The third kappa shape index (κ3) is 4.81. The van der Waals surface area contributed by atoms with Gasteiger partial charge in [-0.25, -0.2) is 0 Å². The fourth-order valence-corrected chi connectivity index (χ4v) is 4.10. The summed E-state index contributed by atoms with van der Waals surface area (Å²) in [6.45, 7) is 2.29. The molecule has 7 nitrogen and oxygen atoms in total. The Hall–Kier alpha value is -3.23. The van der Waals surface area contributed by atoms with Gasteiger partial charge in [0.05, 0.1) is 31.2 Å². The standard InChI is InChI=1S/C23H21ClN4O3S/c1-15-18(24)9-5-10-19(15)25-21(29)14-32-23-27-26-22(17-8-3-4-11-20(17)30-2)28(23)13-16-7-6-12-31-16/h3-12H,13-14H2,1-2H3,(H,25,29). The van der Waals surface area contributed by atoms with Crippen molar-refractivity contribution in [3.63, 3.8) is 0 Å². The lowest BCUT2D eigenvalue weighted by Crippen LogP contribution is -2.15. The highest BCUT2D eigenvalue weighted by Gasteiger charge is 2.19. The Morgan fingerprint density at radius 1 is 1.16 bits per heavy atom. The summed E-state index contributed by atoms with van der Waals surface area (Å²) < 4.78 is 12.9. The molecule has 0 aliphatic heterocycles. The lowest BCUT2D eigenvalue weighted by Gasteiger charge is -2.12. The predicted octanol–water partition coefficient (Wildman–Crippen LogP) is 5.29. The van der Waals surface area contributed by atoms with Crippen LogP contribution >= 0.6 is 23.4 Å². The molecule has 0 saturated heterocycles. The smallest absolute Gasteiger partial charge is 0.234 e. The molecule has 2 aromatic carbocycles. The van der Waals surface area contributed by atoms with Crippen molar-refractivity contribution in [3.8, 4) is 17.1 Å². The van der Waals surface area contributed by atoms with E-state index in [0.29, 0.717) is 34.0 Å². The number of hydrogen-bond donors (Lipinski definition) is 1. The van der Waals surface area contributed by atoms with E-state index in [1.54, 1.807) is 25.5 Å². The van der Waals surface area contributed by atoms with Crippen molar-refractivity contribution >= 4 is 35.0 Å². The van der Waals surface area contributed by atoms with Gasteiger partial charge in [0.1, 0.15) is 11.5 Å². The van der Waals surface area contributed by atoms with Gasteiger partial charge in [-0.15, -0.1) is 10.2 Å². The van der Waals surface area contributed by atoms with Crippen molar-refractivity contribution in [2.24, 2.45) is 0 Å². The van der Waals surface area contributed by atoms with Gasteiger partial charge in [0.15, 0.2) is 11.0 Å². The number of methoxy groups -OCH3 is 1. The van der Waals surface area contributed by atoms with Gasteiger partial charge in [-0.2, -0.15) is 0 Å². The van der Waals surface area contributed by atoms with Gasteiger partial charge >= 0.3 is 0 Å². The van der Waals surface area contributed by atoms with Crippen LogP contribution in [0.25, 0.3) is 11.4 Å². The average molecular weight is 469 g/mol. The maximum absolute atomic E-state index is 12.6. The molecule has 0 spiro atoms. The van der Waals surface area contributed by atoms with Crippen molar-refractivity contribution in [3.05, 3.63) is 77.2 Å². The largest absolute Gasteiger partial charge is 0.496 e. The topological polar surface area (TPSA) is 82.2 Å². The zero-order valence-corrected chi connectivity index (χ0v) is 19.1. The normalized spacial score (nSPS) is 10.8. The van der Waals surface area contributed by atoms with Crippen LogP contribution in [0.2, 0.25) is 5.02 Å². The van der Waals surface area contributed by atoms with Crippen LogP contribution < -0.4 is 10.1 Å². The first-order valence-corrected chi connectivity index (χ1v) is 11.2. The summed E-state index contributed by atoms with van der Waals surface area (Å²) in [6.07, 6.45) is 1.62. The van der Waals surface area contributed by atoms with E-state index in [0.717, 1.165) is 16.9 Å². The number of benzene rings is 2. The third-order valence-electron chi connectivity index (χ3n) is 4.83. The number of aromatic nitrogens is 3. The molecule has 32 heavy (non-hydrogen) atoms. The minimum Gasteiger partial charge on any atom is -0.496 e. The molecule has 164 valence electrons. The molecule has 4 rings (SSSR count). The first-order chi connectivity index (χ1) is 15.6. The Morgan fingerprint density at radius 3 is 2.78 bits per heavy atom. The average Bonchev–Trinajstić information content (AvgIpc) is 3.46. The summed E-state index contributed by atoms with van der Waals surface area (Å²) in [4.78, 5) is 12.6. The number of carbonyl (C=O) groups is 1. The Bertz CT molecular complexity index is 1220. The zero-order chi connectivity index (χ0) is 22.5. The summed E-state index contributed by atoms with van der Waals surface area (Å²) in [5.74, 6) is 2.07. The molecule has 9 heteroatoms. The van der Waals surface area contributed by atoms with Crippen molar-refractivity contribution < 1.29 is 13.9 Å². The number of para-hydroxylation sites is 1. The molecule has 0 aliphatic carbocycles. The van der Waals surface area contributed by atoms with Crippen molar-refractivity contribution in [1.82, 2.24) is 14.8 Å². The molecule has 1 N–H and O–H groups in total. The van der Waals surface area contributed by atoms with Crippen LogP contribution in [-0.4, -0.2) is 33.5 Å². The van der Waals surface area contributed by atoms with Gasteiger partial charge in [-0.1, -0.05) is 41.6 Å². The second-order valence-electron chi connectivity index (χ2n) is 6.92. The van der Waals surface area contributed by atoms with E-state index >= 15 is 0 Å². The van der Waals surface area contributed by atoms with E-state index in [2.05, 4.69) is 15.5 Å². The minimum absolute atomic E-state index is 0.160. The van der Waals surface area contributed by atoms with Gasteiger partial charge in [0.25, 0.3) is 0 Å². The fraction of sp³-hybridized carbons (Fsp3) is 0.174. The van der Waals surface area contributed by atoms with Gasteiger partial charge in [0.2, 0.25) is 5.91 Å². The van der Waals surface area contributed by atoms with E-state index < -0.39 is 0 Å². The number of nitrogens with one attached hydrogen (secondary N) is 1. The van der Waals surface area contributed by atoms with E-state index in [9.17, 15) is 4.79 Å². The first-order valence-electron chi connectivity index (χ1n) is 9.83. The molecule has 0 bridgehead atoms. The number of hydrogen-bond acceptors (Lipinski definition) is 6. The number of furan rings is 1. The van der Waals surface area contributed by atoms with Crippen molar-refractivity contribution in [2.75, 3.05) is 18.2 Å². The van der Waals surface area contributed by atoms with Crippen molar-refractivity contribution in [1.29, 1.82) is 0 Å². The Kier molecular flexibility index (Phi) is 6.82. The number of anilines is 1. The summed E-state index contributed by atoms with van der Waals surface area (Å²) in [7, 11) is 1.61. The number of halogens is 1. The monoisotopic (exact) mass is 468 g/mol. The molecule has 0 fully saturated rings. The number of amides is 1. The quantitative estimate of drug-likeness (QED) is 0.354. The molecular formula is C23H21ClN4O3S. The fourth-order valence-electron chi connectivity index (χ4n) is 3.18. The SMILES string of the molecule is COc1ccccc1-c1nnc(SCC(=O)Nc2cccc(Cl)c2C)n1Cc1ccco1. The highest BCUT2D eigenvalue weighted by atomic mass is 35.5. The van der Waals surface area contributed by atoms with Crippen LogP contribution in [0.3, 0.4) is 0 Å². The minimum atomic E-state index is -0.160. The first kappa shape index (κ1) is 22.0. The molecular weight excluding hydrogens is 448 g/mol. The van der Waals surface area contributed by atoms with Gasteiger partial charge in [-0.05, 0) is 48.9 Å². The van der Waals surface area contributed by atoms with E-state index in [1.807, 2.05) is 54.0 Å². The Morgan fingerprint density at radius 2 is 2.00 bits per heavy atom. The number of thioether (sulfide) groups is 1. The van der Waals surface area contributed by atoms with Crippen LogP contribution in [0.4, 0.5) is 5.69 Å². The summed E-state index contributed by atoms with van der Waals surface area (Å²) in [5, 5.41) is 12.8. The summed E-state index contributed by atoms with van der Waals surface area (Å²) >= 11 is 7.44. The van der Waals surface area contributed by atoms with Crippen LogP contribution in [-0.2, 0) is 11.3 Å². The molecule has 0 radical (unpaired) electrons. The second-order valence-corrected chi connectivity index (χ2v) is 8.27. The Balaban J connectivity index is 1.57. The molecule has 2 heterocycles. The molecule has 0 atom stereocenters. The summed E-state index contributed by atoms with van der Waals surface area (Å²) in [6, 6.07) is 16.7. The zero-order valence-electron chi connectivity index (χ0n) is 17.5. The van der Waals surface area contributed by atoms with Crippen LogP contribution in [0, 0.1) is 6.92 Å². The predicted molar refractivity (Wildman–Crippen MR) is 125 cm³/mol. The lowest BCUT2D eigenvalue weighted by molar-refractivity contribution is -0.113. The molecule has 0 saturated carbocycles. The van der Waals surface area contributed by atoms with Gasteiger partial charge < -0.3 is 14.5 Å². The van der Waals surface area contributed by atoms with Crippen LogP contribution in [0.15, 0.2) is 70.4 Å². The van der Waals surface area contributed by atoms with E-state index in [-0.39, 0.29) is 11.7 Å². The van der Waals surface area contributed by atoms with Gasteiger partial charge in [-0.3, -0.25) is 9.36 Å². The van der Waals surface area contributed by atoms with E-state index in [4.69, 9.17) is 20.8 Å². The number of nitrogens with zero attached hydrogens (tertiary/aromatic N) is 3. The number of rotatable bonds is 8. The Labute approximate surface area is 194 Å². The second kappa shape index (κ2) is 9.93.